The standard InChI is InChI=1S/C7H11NO3/c1-3-7(10)6(2)4-8-11-5-9/h4-6H,3H2,1-2H3/b8-4-. The molecule has 4 heteroatoms. The molecule has 0 aromatic heterocycles. The second kappa shape index (κ2) is 5.58. The van der Waals surface area contributed by atoms with Gasteiger partial charge in [-0.3, -0.25) is 9.59 Å². The first kappa shape index (κ1) is 9.81. The van der Waals surface area contributed by atoms with Gasteiger partial charge in [-0.2, -0.15) is 0 Å². The van der Waals surface area contributed by atoms with Crippen molar-refractivity contribution in [2.45, 2.75) is 20.3 Å². The van der Waals surface area contributed by atoms with Crippen molar-refractivity contribution in [3.63, 3.8) is 0 Å². The van der Waals surface area contributed by atoms with Crippen molar-refractivity contribution in [2.75, 3.05) is 0 Å². The Balaban J connectivity index is 3.75. The van der Waals surface area contributed by atoms with E-state index in [1.807, 2.05) is 0 Å². The van der Waals surface area contributed by atoms with Crippen LogP contribution in [0.5, 0.6) is 0 Å². The number of nitrogens with zero attached hydrogens (tertiary/aromatic N) is 1. The predicted molar refractivity (Wildman–Crippen MR) is 40.1 cm³/mol. The van der Waals surface area contributed by atoms with Gasteiger partial charge in [0.25, 0.3) is 0 Å². The molecule has 11 heavy (non-hydrogen) atoms. The summed E-state index contributed by atoms with van der Waals surface area (Å²) in [6.45, 7) is 3.68. The van der Waals surface area contributed by atoms with E-state index in [0.29, 0.717) is 6.42 Å². The normalized spacial score (nSPS) is 12.9. The van der Waals surface area contributed by atoms with Crippen molar-refractivity contribution in [2.24, 2.45) is 11.1 Å². The molecule has 0 aromatic rings. The third-order valence-corrected chi connectivity index (χ3v) is 1.24. The summed E-state index contributed by atoms with van der Waals surface area (Å²) >= 11 is 0. The minimum atomic E-state index is -0.278. The molecule has 0 aliphatic rings. The minimum Gasteiger partial charge on any atom is -0.322 e. The van der Waals surface area contributed by atoms with Crippen molar-refractivity contribution in [3.05, 3.63) is 0 Å². The van der Waals surface area contributed by atoms with Crippen molar-refractivity contribution in [1.82, 2.24) is 0 Å². The summed E-state index contributed by atoms with van der Waals surface area (Å²) < 4.78 is 0. The molecule has 0 N–H and O–H groups in total. The van der Waals surface area contributed by atoms with Crippen LogP contribution in [0.25, 0.3) is 0 Å². The zero-order chi connectivity index (χ0) is 8.69. The maximum Gasteiger partial charge on any atom is 0.323 e. The summed E-state index contributed by atoms with van der Waals surface area (Å²) in [7, 11) is 0. The molecule has 0 rings (SSSR count). The molecule has 1 atom stereocenters. The highest BCUT2D eigenvalue weighted by molar-refractivity contribution is 5.94. The van der Waals surface area contributed by atoms with Gasteiger partial charge in [0.05, 0.1) is 12.1 Å². The van der Waals surface area contributed by atoms with E-state index in [2.05, 4.69) is 9.99 Å². The Bertz CT molecular complexity index is 165. The molecule has 0 radical (unpaired) electrons. The van der Waals surface area contributed by atoms with E-state index < -0.39 is 0 Å². The van der Waals surface area contributed by atoms with Crippen LogP contribution in [-0.4, -0.2) is 18.5 Å². The second-order valence-corrected chi connectivity index (χ2v) is 2.06. The quantitative estimate of drug-likeness (QED) is 0.256. The Hall–Kier alpha value is -1.19. The zero-order valence-electron chi connectivity index (χ0n) is 6.61. The molecule has 0 spiro atoms. The molecule has 0 aromatic carbocycles. The molecule has 0 heterocycles. The molecule has 4 nitrogen and oxygen atoms in total. The second-order valence-electron chi connectivity index (χ2n) is 2.06. The smallest absolute Gasteiger partial charge is 0.322 e. The van der Waals surface area contributed by atoms with Crippen LogP contribution < -0.4 is 0 Å². The van der Waals surface area contributed by atoms with Gasteiger partial charge in [0.15, 0.2) is 0 Å². The third kappa shape index (κ3) is 4.25. The number of hydrogen-bond acceptors (Lipinski definition) is 4. The monoisotopic (exact) mass is 157 g/mol. The zero-order valence-corrected chi connectivity index (χ0v) is 6.61. The van der Waals surface area contributed by atoms with E-state index in [-0.39, 0.29) is 18.2 Å². The number of hydrogen-bond donors (Lipinski definition) is 0. The molecule has 0 aliphatic carbocycles. The molecule has 1 unspecified atom stereocenters. The molecule has 0 saturated carbocycles. The molecule has 62 valence electrons. The predicted octanol–water partition coefficient (Wildman–Crippen LogP) is 0.760. The SMILES string of the molecule is CCC(=O)C(C)/C=N\OC=O. The van der Waals surface area contributed by atoms with Crippen molar-refractivity contribution >= 4 is 18.5 Å². The first-order chi connectivity index (χ1) is 5.22. The van der Waals surface area contributed by atoms with Gasteiger partial charge < -0.3 is 4.84 Å². The topological polar surface area (TPSA) is 55.7 Å². The van der Waals surface area contributed by atoms with Crippen LogP contribution in [0.1, 0.15) is 20.3 Å². The number of carbonyl (C=O) groups is 2. The van der Waals surface area contributed by atoms with E-state index in [1.165, 1.54) is 6.21 Å². The lowest BCUT2D eigenvalue weighted by atomic mass is 10.1. The summed E-state index contributed by atoms with van der Waals surface area (Å²) in [5, 5.41) is 3.24. The Labute approximate surface area is 65.2 Å². The maximum atomic E-state index is 10.9. The highest BCUT2D eigenvalue weighted by Crippen LogP contribution is 1.96. The van der Waals surface area contributed by atoms with Gasteiger partial charge in [0, 0.05) is 6.42 Å². The van der Waals surface area contributed by atoms with Crippen molar-refractivity contribution < 1.29 is 14.4 Å². The Morgan fingerprint density at radius 2 is 2.36 bits per heavy atom. The van der Waals surface area contributed by atoms with Crippen LogP contribution in [0.2, 0.25) is 0 Å². The third-order valence-electron chi connectivity index (χ3n) is 1.24. The number of ketones is 1. The molecular weight excluding hydrogens is 146 g/mol. The molecule has 0 fully saturated rings. The summed E-state index contributed by atoms with van der Waals surface area (Å²) in [5.41, 5.74) is 0. The fourth-order valence-corrected chi connectivity index (χ4v) is 0.556. The first-order valence-corrected chi connectivity index (χ1v) is 3.38. The Morgan fingerprint density at radius 1 is 1.73 bits per heavy atom. The van der Waals surface area contributed by atoms with E-state index in [0.717, 1.165) is 0 Å². The van der Waals surface area contributed by atoms with E-state index in [1.54, 1.807) is 13.8 Å². The van der Waals surface area contributed by atoms with Gasteiger partial charge in [-0.25, -0.2) is 0 Å². The average Bonchev–Trinajstić information content (AvgIpc) is 2.03. The van der Waals surface area contributed by atoms with E-state index >= 15 is 0 Å². The molecular formula is C7H11NO3. The summed E-state index contributed by atoms with van der Waals surface area (Å²) in [6, 6.07) is 0. The number of oxime groups is 1. The highest BCUT2D eigenvalue weighted by atomic mass is 16.7. The van der Waals surface area contributed by atoms with E-state index in [9.17, 15) is 9.59 Å². The number of rotatable bonds is 5. The highest BCUT2D eigenvalue weighted by Gasteiger charge is 2.06. The van der Waals surface area contributed by atoms with Crippen LogP contribution in [0.3, 0.4) is 0 Å². The van der Waals surface area contributed by atoms with Crippen LogP contribution in [0.4, 0.5) is 0 Å². The lowest BCUT2D eigenvalue weighted by Gasteiger charge is -1.98. The Morgan fingerprint density at radius 3 is 2.82 bits per heavy atom. The van der Waals surface area contributed by atoms with Crippen molar-refractivity contribution in [1.29, 1.82) is 0 Å². The van der Waals surface area contributed by atoms with Gasteiger partial charge in [0.2, 0.25) is 0 Å². The summed E-state index contributed by atoms with van der Waals surface area (Å²) in [6.07, 6.45) is 1.77. The fourth-order valence-electron chi connectivity index (χ4n) is 0.556. The molecule has 0 bridgehead atoms. The largest absolute Gasteiger partial charge is 0.323 e. The van der Waals surface area contributed by atoms with Gasteiger partial charge in [-0.1, -0.05) is 19.0 Å². The van der Waals surface area contributed by atoms with Crippen LogP contribution in [-0.2, 0) is 14.4 Å². The number of carbonyl (C=O) groups excluding carboxylic acids is 2. The van der Waals surface area contributed by atoms with Crippen molar-refractivity contribution in [3.8, 4) is 0 Å². The van der Waals surface area contributed by atoms with Gasteiger partial charge >= 0.3 is 6.47 Å². The lowest BCUT2D eigenvalue weighted by Crippen LogP contribution is -2.10. The van der Waals surface area contributed by atoms with Crippen LogP contribution in [0.15, 0.2) is 5.16 Å². The molecule has 0 amide bonds. The minimum absolute atomic E-state index is 0.0725. The first-order valence-electron chi connectivity index (χ1n) is 3.38. The van der Waals surface area contributed by atoms with Gasteiger partial charge in [-0.15, -0.1) is 0 Å². The van der Waals surface area contributed by atoms with Gasteiger partial charge in [-0.05, 0) is 0 Å². The lowest BCUT2D eigenvalue weighted by molar-refractivity contribution is -0.129. The van der Waals surface area contributed by atoms with Gasteiger partial charge in [0.1, 0.15) is 5.78 Å². The summed E-state index contributed by atoms with van der Waals surface area (Å²) in [5.74, 6) is -0.205. The fraction of sp³-hybridized carbons (Fsp3) is 0.571. The number of Topliss-reactive ketones (excluding diaryl/α,β-unsaturated/α-hetero) is 1. The molecule has 0 aliphatic heterocycles. The Kier molecular flexibility index (Phi) is 4.98. The average molecular weight is 157 g/mol. The van der Waals surface area contributed by atoms with E-state index in [4.69, 9.17) is 0 Å². The van der Waals surface area contributed by atoms with Crippen LogP contribution in [0, 0.1) is 5.92 Å². The van der Waals surface area contributed by atoms with Crippen LogP contribution >= 0.6 is 0 Å². The maximum absolute atomic E-state index is 10.9. The summed E-state index contributed by atoms with van der Waals surface area (Å²) in [4.78, 5) is 24.5. The molecule has 0 saturated heterocycles.